The third-order valence-electron chi connectivity index (χ3n) is 3.74. The van der Waals surface area contributed by atoms with Crippen LogP contribution in [-0.2, 0) is 0 Å². The molecule has 1 fully saturated rings. The van der Waals surface area contributed by atoms with Crippen LogP contribution in [0.3, 0.4) is 0 Å². The second kappa shape index (κ2) is 4.88. The first-order valence-corrected chi connectivity index (χ1v) is 7.61. The summed E-state index contributed by atoms with van der Waals surface area (Å²) in [5, 5.41) is 11.0. The Morgan fingerprint density at radius 2 is 1.81 bits per heavy atom. The van der Waals surface area contributed by atoms with Crippen molar-refractivity contribution in [3.63, 3.8) is 0 Å². The maximum absolute atomic E-state index is 5.89. The van der Waals surface area contributed by atoms with E-state index in [0.29, 0.717) is 11.2 Å². The number of nitrogen functional groups attached to an aromatic ring is 1. The molecule has 0 bridgehead atoms. The van der Waals surface area contributed by atoms with Crippen LogP contribution in [0, 0.1) is 0 Å². The van der Waals surface area contributed by atoms with Crippen LogP contribution < -0.4 is 15.5 Å². The van der Waals surface area contributed by atoms with E-state index >= 15 is 0 Å². The molecule has 1 aromatic carbocycles. The number of benzene rings is 1. The Morgan fingerprint density at radius 1 is 1.05 bits per heavy atom. The number of thiazole rings is 1. The molecule has 8 heteroatoms. The predicted molar refractivity (Wildman–Crippen MR) is 82.8 cm³/mol. The van der Waals surface area contributed by atoms with Gasteiger partial charge in [-0.25, -0.2) is 9.61 Å². The zero-order valence-corrected chi connectivity index (χ0v) is 12.1. The van der Waals surface area contributed by atoms with Crippen LogP contribution in [0.2, 0.25) is 0 Å². The summed E-state index contributed by atoms with van der Waals surface area (Å²) < 4.78 is 4.83. The summed E-state index contributed by atoms with van der Waals surface area (Å²) in [5.74, 6) is 0. The number of hydrogen-bond acceptors (Lipinski definition) is 8. The summed E-state index contributed by atoms with van der Waals surface area (Å²) in [6, 6.07) is 3.84. The summed E-state index contributed by atoms with van der Waals surface area (Å²) in [7, 11) is 0. The molecular weight excluding hydrogens is 288 g/mol. The second-order valence-electron chi connectivity index (χ2n) is 4.92. The minimum atomic E-state index is 0.594. The van der Waals surface area contributed by atoms with E-state index in [-0.39, 0.29) is 0 Å². The lowest BCUT2D eigenvalue weighted by Crippen LogP contribution is -2.46. The number of nitrogens with zero attached hydrogens (tertiary/aromatic N) is 5. The van der Waals surface area contributed by atoms with Gasteiger partial charge in [0.2, 0.25) is 0 Å². The fourth-order valence-electron chi connectivity index (χ4n) is 2.64. The average Bonchev–Trinajstić information content (AvgIpc) is 3.20. The molecule has 0 aliphatic carbocycles. The monoisotopic (exact) mass is 302 g/mol. The first kappa shape index (κ1) is 12.4. The van der Waals surface area contributed by atoms with Crippen molar-refractivity contribution in [2.24, 2.45) is 0 Å². The van der Waals surface area contributed by atoms with E-state index in [1.54, 1.807) is 11.3 Å². The van der Waals surface area contributed by atoms with E-state index in [1.807, 2.05) is 23.7 Å². The standard InChI is InChI=1S/C13H14N6OS/c14-9-1-2-10(12-11(9)16-20-17-12)18-4-6-19(7-5-18)13-15-3-8-21-13/h1-3,8H,4-7,14H2. The first-order chi connectivity index (χ1) is 10.3. The Hall–Kier alpha value is -2.35. The van der Waals surface area contributed by atoms with Crippen molar-refractivity contribution in [2.75, 3.05) is 41.7 Å². The van der Waals surface area contributed by atoms with E-state index in [1.165, 1.54) is 0 Å². The van der Waals surface area contributed by atoms with Gasteiger partial charge in [-0.3, -0.25) is 0 Å². The number of piperazine rings is 1. The second-order valence-corrected chi connectivity index (χ2v) is 5.80. The van der Waals surface area contributed by atoms with Crippen molar-refractivity contribution in [3.05, 3.63) is 23.7 Å². The lowest BCUT2D eigenvalue weighted by Gasteiger charge is -2.35. The zero-order valence-electron chi connectivity index (χ0n) is 11.3. The normalized spacial score (nSPS) is 15.8. The van der Waals surface area contributed by atoms with Gasteiger partial charge in [0.15, 0.2) is 16.2 Å². The number of aromatic nitrogens is 3. The molecule has 2 aromatic heterocycles. The third-order valence-corrected chi connectivity index (χ3v) is 4.57. The molecule has 21 heavy (non-hydrogen) atoms. The van der Waals surface area contributed by atoms with Crippen molar-refractivity contribution in [1.29, 1.82) is 0 Å². The Bertz CT molecular complexity index is 747. The maximum atomic E-state index is 5.89. The van der Waals surface area contributed by atoms with Crippen LogP contribution in [0.1, 0.15) is 0 Å². The summed E-state index contributed by atoms with van der Waals surface area (Å²) in [6.07, 6.45) is 1.84. The van der Waals surface area contributed by atoms with Crippen LogP contribution in [0.15, 0.2) is 28.3 Å². The van der Waals surface area contributed by atoms with Crippen molar-refractivity contribution < 1.29 is 4.63 Å². The minimum Gasteiger partial charge on any atom is -0.397 e. The molecule has 0 amide bonds. The molecule has 0 radical (unpaired) electrons. The molecular formula is C13H14N6OS. The molecule has 1 saturated heterocycles. The highest BCUT2D eigenvalue weighted by Gasteiger charge is 2.22. The number of hydrogen-bond donors (Lipinski definition) is 1. The minimum absolute atomic E-state index is 0.594. The van der Waals surface area contributed by atoms with Gasteiger partial charge < -0.3 is 15.5 Å². The molecule has 0 unspecified atom stereocenters. The SMILES string of the molecule is Nc1ccc(N2CCN(c3nccs3)CC2)c2nonc12. The van der Waals surface area contributed by atoms with Gasteiger partial charge in [-0.05, 0) is 22.4 Å². The highest BCUT2D eigenvalue weighted by molar-refractivity contribution is 7.13. The fourth-order valence-corrected chi connectivity index (χ4v) is 3.34. The lowest BCUT2D eigenvalue weighted by atomic mass is 10.2. The number of nitrogens with two attached hydrogens (primary N) is 1. The molecule has 3 aromatic rings. The fraction of sp³-hybridized carbons (Fsp3) is 0.308. The van der Waals surface area contributed by atoms with E-state index in [4.69, 9.17) is 10.4 Å². The van der Waals surface area contributed by atoms with Crippen molar-refractivity contribution in [3.8, 4) is 0 Å². The molecule has 1 aliphatic heterocycles. The van der Waals surface area contributed by atoms with Gasteiger partial charge in [0, 0.05) is 37.8 Å². The Balaban J connectivity index is 1.58. The van der Waals surface area contributed by atoms with Crippen molar-refractivity contribution in [2.45, 2.75) is 0 Å². The Kier molecular flexibility index (Phi) is 2.88. The van der Waals surface area contributed by atoms with E-state index in [2.05, 4.69) is 25.1 Å². The quantitative estimate of drug-likeness (QED) is 0.719. The van der Waals surface area contributed by atoms with Gasteiger partial charge in [-0.2, -0.15) is 0 Å². The van der Waals surface area contributed by atoms with Crippen molar-refractivity contribution >= 4 is 38.9 Å². The van der Waals surface area contributed by atoms with Gasteiger partial charge in [0.25, 0.3) is 0 Å². The molecule has 2 N–H and O–H groups in total. The van der Waals surface area contributed by atoms with Gasteiger partial charge in [-0.1, -0.05) is 0 Å². The van der Waals surface area contributed by atoms with Crippen LogP contribution >= 0.6 is 11.3 Å². The largest absolute Gasteiger partial charge is 0.397 e. The van der Waals surface area contributed by atoms with Gasteiger partial charge in [0.05, 0.1) is 11.4 Å². The van der Waals surface area contributed by atoms with Gasteiger partial charge in [0.1, 0.15) is 0 Å². The van der Waals surface area contributed by atoms with E-state index in [9.17, 15) is 0 Å². The van der Waals surface area contributed by atoms with Crippen LogP contribution in [-0.4, -0.2) is 41.5 Å². The summed E-state index contributed by atoms with van der Waals surface area (Å²) in [4.78, 5) is 8.95. The summed E-state index contributed by atoms with van der Waals surface area (Å²) in [5.41, 5.74) is 8.88. The highest BCUT2D eigenvalue weighted by Crippen LogP contribution is 2.29. The molecule has 7 nitrogen and oxygen atoms in total. The Labute approximate surface area is 124 Å². The molecule has 3 heterocycles. The predicted octanol–water partition coefficient (Wildman–Crippen LogP) is 1.59. The average molecular weight is 302 g/mol. The first-order valence-electron chi connectivity index (χ1n) is 6.73. The topological polar surface area (TPSA) is 84.3 Å². The lowest BCUT2D eigenvalue weighted by molar-refractivity contribution is 0.315. The van der Waals surface area contributed by atoms with Gasteiger partial charge >= 0.3 is 0 Å². The molecule has 1 aliphatic rings. The zero-order chi connectivity index (χ0) is 14.2. The van der Waals surface area contributed by atoms with Gasteiger partial charge in [-0.15, -0.1) is 11.3 Å². The number of rotatable bonds is 2. The number of anilines is 3. The van der Waals surface area contributed by atoms with E-state index in [0.717, 1.165) is 42.5 Å². The number of fused-ring (bicyclic) bond motifs is 1. The third kappa shape index (κ3) is 2.07. The van der Waals surface area contributed by atoms with Crippen LogP contribution in [0.25, 0.3) is 11.0 Å². The van der Waals surface area contributed by atoms with Crippen molar-refractivity contribution in [1.82, 2.24) is 15.3 Å². The maximum Gasteiger partial charge on any atom is 0.185 e. The Morgan fingerprint density at radius 3 is 2.57 bits per heavy atom. The smallest absolute Gasteiger partial charge is 0.185 e. The summed E-state index contributed by atoms with van der Waals surface area (Å²) in [6.45, 7) is 3.69. The molecule has 0 saturated carbocycles. The van der Waals surface area contributed by atoms with Crippen LogP contribution in [0.5, 0.6) is 0 Å². The van der Waals surface area contributed by atoms with Crippen LogP contribution in [0.4, 0.5) is 16.5 Å². The summed E-state index contributed by atoms with van der Waals surface area (Å²) >= 11 is 1.67. The molecule has 4 rings (SSSR count). The van der Waals surface area contributed by atoms with E-state index < -0.39 is 0 Å². The molecule has 0 spiro atoms. The highest BCUT2D eigenvalue weighted by atomic mass is 32.1. The molecule has 108 valence electrons. The molecule has 0 atom stereocenters.